The number of hydrogen-bond donors (Lipinski definition) is 1. The molecule has 0 saturated carbocycles. The van der Waals surface area contributed by atoms with Crippen molar-refractivity contribution in [3.05, 3.63) is 41.2 Å². The van der Waals surface area contributed by atoms with Crippen molar-refractivity contribution in [2.75, 3.05) is 13.7 Å². The van der Waals surface area contributed by atoms with Gasteiger partial charge in [-0.05, 0) is 50.4 Å². The second-order valence-corrected chi connectivity index (χ2v) is 5.44. The van der Waals surface area contributed by atoms with Crippen LogP contribution in [0.3, 0.4) is 0 Å². The number of hydrogen-bond acceptors (Lipinski definition) is 4. The molecule has 2 N–H and O–H groups in total. The van der Waals surface area contributed by atoms with Gasteiger partial charge in [-0.1, -0.05) is 19.1 Å². The lowest BCUT2D eigenvalue weighted by Crippen LogP contribution is -2.15. The summed E-state index contributed by atoms with van der Waals surface area (Å²) in [5, 5.41) is 0. The highest BCUT2D eigenvalue weighted by molar-refractivity contribution is 5.64. The van der Waals surface area contributed by atoms with Crippen molar-refractivity contribution >= 4 is 0 Å². The molecule has 1 aromatic carbocycles. The molecule has 4 heteroatoms. The minimum Gasteiger partial charge on any atom is -0.496 e. The van der Waals surface area contributed by atoms with E-state index in [4.69, 9.17) is 10.5 Å². The molecule has 4 nitrogen and oxygen atoms in total. The summed E-state index contributed by atoms with van der Waals surface area (Å²) in [6.45, 7) is 6.89. The third kappa shape index (κ3) is 3.39. The lowest BCUT2D eigenvalue weighted by atomic mass is 9.98. The molecule has 0 aliphatic heterocycles. The molecule has 0 aliphatic rings. The number of nitrogens with zero attached hydrogens (tertiary/aromatic N) is 2. The van der Waals surface area contributed by atoms with Crippen LogP contribution in [0.4, 0.5) is 0 Å². The number of para-hydroxylation sites is 1. The molecule has 0 saturated heterocycles. The van der Waals surface area contributed by atoms with Crippen LogP contribution in [0.25, 0.3) is 11.4 Å². The summed E-state index contributed by atoms with van der Waals surface area (Å²) < 4.78 is 5.40. The molecule has 1 aromatic heterocycles. The standard InChI is InChI=1S/C17H23N3O/c1-11(10-18)9-15-12(2)19-17(20-13(15)3)14-7-5-6-8-16(14)21-4/h5-8,11H,9-10,18H2,1-4H3. The molecule has 112 valence electrons. The van der Waals surface area contributed by atoms with Crippen LogP contribution in [0.1, 0.15) is 23.9 Å². The third-order valence-corrected chi connectivity index (χ3v) is 3.72. The molecular formula is C17H23N3O. The van der Waals surface area contributed by atoms with Gasteiger partial charge in [-0.15, -0.1) is 0 Å². The van der Waals surface area contributed by atoms with Gasteiger partial charge in [-0.2, -0.15) is 0 Å². The van der Waals surface area contributed by atoms with Gasteiger partial charge in [0, 0.05) is 11.4 Å². The van der Waals surface area contributed by atoms with Crippen LogP contribution in [-0.4, -0.2) is 23.6 Å². The SMILES string of the molecule is COc1ccccc1-c1nc(C)c(CC(C)CN)c(C)n1. The molecule has 0 radical (unpaired) electrons. The van der Waals surface area contributed by atoms with Gasteiger partial charge in [-0.3, -0.25) is 0 Å². The molecule has 0 spiro atoms. The number of ether oxygens (including phenoxy) is 1. The van der Waals surface area contributed by atoms with Crippen molar-refractivity contribution in [3.8, 4) is 17.1 Å². The van der Waals surface area contributed by atoms with Crippen LogP contribution in [-0.2, 0) is 6.42 Å². The van der Waals surface area contributed by atoms with Crippen LogP contribution in [0.5, 0.6) is 5.75 Å². The first kappa shape index (κ1) is 15.4. The van der Waals surface area contributed by atoms with Gasteiger partial charge in [0.1, 0.15) is 5.75 Å². The van der Waals surface area contributed by atoms with Gasteiger partial charge in [-0.25, -0.2) is 9.97 Å². The van der Waals surface area contributed by atoms with Crippen LogP contribution in [0, 0.1) is 19.8 Å². The Morgan fingerprint density at radius 1 is 1.14 bits per heavy atom. The minimum absolute atomic E-state index is 0.433. The smallest absolute Gasteiger partial charge is 0.163 e. The van der Waals surface area contributed by atoms with Crippen molar-refractivity contribution in [1.82, 2.24) is 9.97 Å². The number of nitrogens with two attached hydrogens (primary N) is 1. The molecule has 0 amide bonds. The van der Waals surface area contributed by atoms with E-state index < -0.39 is 0 Å². The van der Waals surface area contributed by atoms with Crippen LogP contribution < -0.4 is 10.5 Å². The highest BCUT2D eigenvalue weighted by atomic mass is 16.5. The molecule has 2 rings (SSSR count). The van der Waals surface area contributed by atoms with Crippen LogP contribution in [0.15, 0.2) is 24.3 Å². The van der Waals surface area contributed by atoms with Gasteiger partial charge in [0.2, 0.25) is 0 Å². The highest BCUT2D eigenvalue weighted by Gasteiger charge is 2.14. The Labute approximate surface area is 126 Å². The highest BCUT2D eigenvalue weighted by Crippen LogP contribution is 2.28. The largest absolute Gasteiger partial charge is 0.496 e. The number of aromatic nitrogens is 2. The minimum atomic E-state index is 0.433. The fourth-order valence-electron chi connectivity index (χ4n) is 2.42. The maximum absolute atomic E-state index is 5.72. The maximum Gasteiger partial charge on any atom is 0.163 e. The normalized spacial score (nSPS) is 12.2. The molecule has 21 heavy (non-hydrogen) atoms. The summed E-state index contributed by atoms with van der Waals surface area (Å²) in [5.41, 5.74) is 9.88. The van der Waals surface area contributed by atoms with E-state index in [1.54, 1.807) is 7.11 Å². The first-order valence-electron chi connectivity index (χ1n) is 7.24. The van der Waals surface area contributed by atoms with E-state index in [-0.39, 0.29) is 0 Å². The zero-order chi connectivity index (χ0) is 15.4. The summed E-state index contributed by atoms with van der Waals surface area (Å²) in [6, 6.07) is 7.82. The molecule has 0 fully saturated rings. The van der Waals surface area contributed by atoms with Gasteiger partial charge in [0.05, 0.1) is 12.7 Å². The molecule has 1 atom stereocenters. The molecule has 2 aromatic rings. The molecule has 1 unspecified atom stereocenters. The van der Waals surface area contributed by atoms with E-state index in [9.17, 15) is 0 Å². The van der Waals surface area contributed by atoms with E-state index in [0.29, 0.717) is 18.3 Å². The van der Waals surface area contributed by atoms with Crippen molar-refractivity contribution in [3.63, 3.8) is 0 Å². The van der Waals surface area contributed by atoms with Crippen molar-refractivity contribution < 1.29 is 4.74 Å². The Morgan fingerprint density at radius 2 is 1.76 bits per heavy atom. The summed E-state index contributed by atoms with van der Waals surface area (Å²) in [4.78, 5) is 9.34. The fourth-order valence-corrected chi connectivity index (χ4v) is 2.42. The second kappa shape index (κ2) is 6.68. The number of benzene rings is 1. The lowest BCUT2D eigenvalue weighted by molar-refractivity contribution is 0.416. The molecule has 1 heterocycles. The second-order valence-electron chi connectivity index (χ2n) is 5.44. The van der Waals surface area contributed by atoms with Gasteiger partial charge >= 0.3 is 0 Å². The van der Waals surface area contributed by atoms with Gasteiger partial charge in [0.25, 0.3) is 0 Å². The van der Waals surface area contributed by atoms with Gasteiger partial charge < -0.3 is 10.5 Å². The van der Waals surface area contributed by atoms with E-state index in [0.717, 1.165) is 29.1 Å². The van der Waals surface area contributed by atoms with E-state index in [2.05, 4.69) is 16.9 Å². The Kier molecular flexibility index (Phi) is 4.91. The zero-order valence-corrected chi connectivity index (χ0v) is 13.2. The fraction of sp³-hybridized carbons (Fsp3) is 0.412. The predicted octanol–water partition coefficient (Wildman–Crippen LogP) is 2.91. The Hall–Kier alpha value is -1.94. The quantitative estimate of drug-likeness (QED) is 0.917. The predicted molar refractivity (Wildman–Crippen MR) is 85.4 cm³/mol. The zero-order valence-electron chi connectivity index (χ0n) is 13.2. The van der Waals surface area contributed by atoms with E-state index in [1.807, 2.05) is 38.1 Å². The monoisotopic (exact) mass is 285 g/mol. The van der Waals surface area contributed by atoms with Crippen molar-refractivity contribution in [1.29, 1.82) is 0 Å². The van der Waals surface area contributed by atoms with Crippen molar-refractivity contribution in [2.24, 2.45) is 11.7 Å². The number of methoxy groups -OCH3 is 1. The van der Waals surface area contributed by atoms with Crippen LogP contribution >= 0.6 is 0 Å². The first-order chi connectivity index (χ1) is 10.1. The average Bonchev–Trinajstić information content (AvgIpc) is 2.50. The molecule has 0 aliphatic carbocycles. The maximum atomic E-state index is 5.72. The summed E-state index contributed by atoms with van der Waals surface area (Å²) in [5.74, 6) is 1.94. The van der Waals surface area contributed by atoms with Crippen molar-refractivity contribution in [2.45, 2.75) is 27.2 Å². The lowest BCUT2D eigenvalue weighted by Gasteiger charge is -2.15. The van der Waals surface area contributed by atoms with E-state index >= 15 is 0 Å². The summed E-state index contributed by atoms with van der Waals surface area (Å²) in [6.07, 6.45) is 0.917. The topological polar surface area (TPSA) is 61.0 Å². The Balaban J connectivity index is 2.44. The summed E-state index contributed by atoms with van der Waals surface area (Å²) >= 11 is 0. The van der Waals surface area contributed by atoms with E-state index in [1.165, 1.54) is 5.56 Å². The van der Waals surface area contributed by atoms with Gasteiger partial charge in [0.15, 0.2) is 5.82 Å². The van der Waals surface area contributed by atoms with Crippen LogP contribution in [0.2, 0.25) is 0 Å². The first-order valence-corrected chi connectivity index (χ1v) is 7.24. The third-order valence-electron chi connectivity index (χ3n) is 3.72. The average molecular weight is 285 g/mol. The number of rotatable bonds is 5. The Bertz CT molecular complexity index is 602. The molecular weight excluding hydrogens is 262 g/mol. The number of aryl methyl sites for hydroxylation is 2. The Morgan fingerprint density at radius 3 is 2.33 bits per heavy atom. The summed E-state index contributed by atoms with van der Waals surface area (Å²) in [7, 11) is 1.66. The molecule has 0 bridgehead atoms.